The highest BCUT2D eigenvalue weighted by molar-refractivity contribution is 7.18. The van der Waals surface area contributed by atoms with Crippen LogP contribution in [0.3, 0.4) is 0 Å². The maximum atomic E-state index is 13.9. The second-order valence-corrected chi connectivity index (χ2v) is 8.57. The van der Waals surface area contributed by atoms with Gasteiger partial charge in [-0.15, -0.1) is 11.3 Å². The smallest absolute Gasteiger partial charge is 0.284 e. The topological polar surface area (TPSA) is 44.3 Å². The summed E-state index contributed by atoms with van der Waals surface area (Å²) in [6.07, 6.45) is 0. The Kier molecular flexibility index (Phi) is 5.45. The summed E-state index contributed by atoms with van der Waals surface area (Å²) < 4.78 is 28.7. The number of alkyl halides is 2. The zero-order valence-corrected chi connectivity index (χ0v) is 17.5. The van der Waals surface area contributed by atoms with E-state index in [4.69, 9.17) is 9.97 Å². The second kappa shape index (κ2) is 7.85. The quantitative estimate of drug-likeness (QED) is 0.632. The number of hydrogen-bond acceptors (Lipinski definition) is 6. The number of anilines is 2. The minimum atomic E-state index is -2.97. The molecule has 0 aliphatic carbocycles. The monoisotopic (exact) mass is 421 g/mol. The van der Waals surface area contributed by atoms with Crippen LogP contribution in [0.2, 0.25) is 0 Å². The summed E-state index contributed by atoms with van der Waals surface area (Å²) in [6, 6.07) is 8.55. The van der Waals surface area contributed by atoms with Crippen molar-refractivity contribution in [3.63, 3.8) is 0 Å². The lowest BCUT2D eigenvalue weighted by atomic mass is 10.1. The van der Waals surface area contributed by atoms with Gasteiger partial charge in [0.1, 0.15) is 5.82 Å². The fourth-order valence-electron chi connectivity index (χ4n) is 3.30. The van der Waals surface area contributed by atoms with Crippen LogP contribution < -0.4 is 10.2 Å². The normalized spacial score (nSPS) is 15.9. The van der Waals surface area contributed by atoms with E-state index in [-0.39, 0.29) is 12.1 Å². The third kappa shape index (κ3) is 4.09. The number of piperazine rings is 1. The molecule has 1 aliphatic heterocycles. The molecule has 148 valence electrons. The molecule has 1 fully saturated rings. The molecule has 2 aromatic heterocycles. The summed E-state index contributed by atoms with van der Waals surface area (Å²) in [5.41, 5.74) is -1.54. The molecule has 1 unspecified atom stereocenters. The van der Waals surface area contributed by atoms with Crippen molar-refractivity contribution < 1.29 is 8.78 Å². The molecule has 0 radical (unpaired) electrons. The molecule has 0 spiro atoms. The lowest BCUT2D eigenvalue weighted by Crippen LogP contribution is -2.45. The molecule has 3 aromatic rings. The van der Waals surface area contributed by atoms with Gasteiger partial charge in [-0.1, -0.05) is 33.5 Å². The van der Waals surface area contributed by atoms with Gasteiger partial charge in [0.15, 0.2) is 0 Å². The highest BCUT2D eigenvalue weighted by atomic mass is 32.1. The van der Waals surface area contributed by atoms with Crippen molar-refractivity contribution in [3.05, 3.63) is 46.8 Å². The van der Waals surface area contributed by atoms with E-state index in [0.717, 1.165) is 36.4 Å². The molecule has 28 heavy (non-hydrogen) atoms. The number of benzene rings is 1. The predicted molar refractivity (Wildman–Crippen MR) is 114 cm³/mol. The van der Waals surface area contributed by atoms with E-state index >= 15 is 0 Å². The van der Waals surface area contributed by atoms with Crippen LogP contribution in [0, 0.1) is 0 Å². The molecule has 0 saturated carbocycles. The molecule has 1 aliphatic rings. The largest absolute Gasteiger partial charge is 0.365 e. The van der Waals surface area contributed by atoms with Crippen molar-refractivity contribution in [2.24, 2.45) is 0 Å². The van der Waals surface area contributed by atoms with E-state index < -0.39 is 5.66 Å². The van der Waals surface area contributed by atoms with E-state index in [2.05, 4.69) is 22.2 Å². The van der Waals surface area contributed by atoms with Crippen molar-refractivity contribution in [3.8, 4) is 0 Å². The highest BCUT2D eigenvalue weighted by Crippen LogP contribution is 2.37. The summed E-state index contributed by atoms with van der Waals surface area (Å²) in [5.74, 6) is 1.38. The number of aromatic nitrogens is 2. The molecule has 3 heterocycles. The standard InChI is InChI=1S/C19H22F2N5PS/c1-25-7-9-26(10-8-25)18-23-15-6-11-28-16(15)17(24-18)22-12-13-4-2-3-5-14(13)19(20,21)27/h2-6,11H,7-10,12,27H2,1H3,(H,22,23,24). The third-order valence-electron chi connectivity index (χ3n) is 4.90. The summed E-state index contributed by atoms with van der Waals surface area (Å²) in [7, 11) is 3.72. The van der Waals surface area contributed by atoms with Gasteiger partial charge in [-0.25, -0.2) is 4.98 Å². The molecule has 1 saturated heterocycles. The Balaban J connectivity index is 1.61. The van der Waals surface area contributed by atoms with Crippen LogP contribution in [0.4, 0.5) is 20.5 Å². The van der Waals surface area contributed by atoms with Gasteiger partial charge in [0.05, 0.1) is 10.2 Å². The van der Waals surface area contributed by atoms with Gasteiger partial charge in [0.25, 0.3) is 5.66 Å². The Labute approximate surface area is 169 Å². The zero-order chi connectivity index (χ0) is 19.7. The summed E-state index contributed by atoms with van der Waals surface area (Å²) in [5, 5.41) is 5.25. The average molecular weight is 421 g/mol. The number of rotatable bonds is 5. The SMILES string of the molecule is CN1CCN(c2nc(NCc3ccccc3C(F)(F)P)c3sccc3n2)CC1. The first-order valence-corrected chi connectivity index (χ1v) is 10.6. The van der Waals surface area contributed by atoms with E-state index in [1.165, 1.54) is 6.07 Å². The minimum absolute atomic E-state index is 0.00303. The maximum absolute atomic E-state index is 13.9. The first-order valence-electron chi connectivity index (χ1n) is 9.09. The van der Waals surface area contributed by atoms with Crippen molar-refractivity contribution in [2.75, 3.05) is 43.4 Å². The van der Waals surface area contributed by atoms with Crippen LogP contribution in [-0.2, 0) is 12.2 Å². The number of fused-ring (bicyclic) bond motifs is 1. The van der Waals surface area contributed by atoms with Crippen molar-refractivity contribution in [1.29, 1.82) is 0 Å². The van der Waals surface area contributed by atoms with Crippen LogP contribution in [0.25, 0.3) is 10.2 Å². The second-order valence-electron chi connectivity index (χ2n) is 6.93. The van der Waals surface area contributed by atoms with E-state index in [1.54, 1.807) is 38.8 Å². The number of nitrogens with zero attached hydrogens (tertiary/aromatic N) is 4. The highest BCUT2D eigenvalue weighted by Gasteiger charge is 2.27. The molecule has 5 nitrogen and oxygen atoms in total. The fraction of sp³-hybridized carbons (Fsp3) is 0.368. The van der Waals surface area contributed by atoms with Gasteiger partial charge in [-0.2, -0.15) is 13.8 Å². The van der Waals surface area contributed by atoms with Crippen molar-refractivity contribution in [2.45, 2.75) is 12.2 Å². The summed E-state index contributed by atoms with van der Waals surface area (Å²) in [6.45, 7) is 3.93. The lowest BCUT2D eigenvalue weighted by Gasteiger charge is -2.32. The van der Waals surface area contributed by atoms with Gasteiger partial charge in [0.2, 0.25) is 5.95 Å². The van der Waals surface area contributed by atoms with E-state index in [0.29, 0.717) is 17.3 Å². The lowest BCUT2D eigenvalue weighted by molar-refractivity contribution is 0.103. The van der Waals surface area contributed by atoms with E-state index in [9.17, 15) is 8.78 Å². The number of halogens is 2. The molecular weight excluding hydrogens is 399 g/mol. The van der Waals surface area contributed by atoms with Crippen LogP contribution in [0.1, 0.15) is 11.1 Å². The third-order valence-corrected chi connectivity index (χ3v) is 6.12. The van der Waals surface area contributed by atoms with Gasteiger partial charge in [-0.3, -0.25) is 0 Å². The number of hydrogen-bond donors (Lipinski definition) is 1. The van der Waals surface area contributed by atoms with Crippen LogP contribution >= 0.6 is 20.6 Å². The Hall–Kier alpha value is -1.89. The predicted octanol–water partition coefficient (Wildman–Crippen LogP) is 3.98. The van der Waals surface area contributed by atoms with Crippen molar-refractivity contribution >= 4 is 42.6 Å². The Morgan fingerprint density at radius 3 is 2.64 bits per heavy atom. The Morgan fingerprint density at radius 2 is 1.89 bits per heavy atom. The van der Waals surface area contributed by atoms with Crippen LogP contribution in [0.15, 0.2) is 35.7 Å². The zero-order valence-electron chi connectivity index (χ0n) is 15.5. The summed E-state index contributed by atoms with van der Waals surface area (Å²) in [4.78, 5) is 13.9. The molecule has 0 amide bonds. The number of likely N-dealkylation sites (N-methyl/N-ethyl adjacent to an activating group) is 1. The maximum Gasteiger partial charge on any atom is 0.284 e. The molecule has 1 N–H and O–H groups in total. The van der Waals surface area contributed by atoms with E-state index in [1.807, 2.05) is 11.4 Å². The number of nitrogens with one attached hydrogen (secondary N) is 1. The first kappa shape index (κ1) is 19.4. The molecule has 1 atom stereocenters. The average Bonchev–Trinajstić information content (AvgIpc) is 3.15. The van der Waals surface area contributed by atoms with Crippen molar-refractivity contribution in [1.82, 2.24) is 14.9 Å². The molecule has 4 rings (SSSR count). The minimum Gasteiger partial charge on any atom is -0.365 e. The van der Waals surface area contributed by atoms with Gasteiger partial charge < -0.3 is 15.1 Å². The summed E-state index contributed by atoms with van der Waals surface area (Å²) >= 11 is 1.55. The first-order chi connectivity index (χ1) is 13.4. The molecule has 9 heteroatoms. The number of thiophene rings is 1. The fourth-order valence-corrected chi connectivity index (χ4v) is 4.38. The Bertz CT molecular complexity index is 966. The molecular formula is C19H22F2N5PS. The van der Waals surface area contributed by atoms with Gasteiger partial charge in [-0.05, 0) is 24.1 Å². The van der Waals surface area contributed by atoms with Crippen LogP contribution in [-0.4, -0.2) is 48.1 Å². The Morgan fingerprint density at radius 1 is 1.14 bits per heavy atom. The van der Waals surface area contributed by atoms with Crippen LogP contribution in [0.5, 0.6) is 0 Å². The molecule has 1 aromatic carbocycles. The molecule has 0 bridgehead atoms. The van der Waals surface area contributed by atoms with Gasteiger partial charge >= 0.3 is 0 Å². The van der Waals surface area contributed by atoms with Gasteiger partial charge in [0, 0.05) is 38.3 Å².